The summed E-state index contributed by atoms with van der Waals surface area (Å²) in [6, 6.07) is 2.49. The van der Waals surface area contributed by atoms with Crippen molar-refractivity contribution in [1.82, 2.24) is 5.32 Å². The van der Waals surface area contributed by atoms with Gasteiger partial charge in [0.15, 0.2) is 0 Å². The normalized spacial score (nSPS) is 11.7. The van der Waals surface area contributed by atoms with Crippen LogP contribution in [0.1, 0.15) is 13.3 Å². The van der Waals surface area contributed by atoms with E-state index in [1.165, 1.54) is 19.1 Å². The van der Waals surface area contributed by atoms with E-state index in [1.54, 1.807) is 0 Å². The summed E-state index contributed by atoms with van der Waals surface area (Å²) in [4.78, 5) is 21.8. The lowest BCUT2D eigenvalue weighted by Gasteiger charge is -2.13. The number of halogens is 2. The van der Waals surface area contributed by atoms with Gasteiger partial charge >= 0.3 is 12.0 Å². The average molecular weight is 275 g/mol. The molecule has 0 bridgehead atoms. The second-order valence-electron chi connectivity index (χ2n) is 3.72. The Morgan fingerprint density at radius 2 is 2.17 bits per heavy atom. The van der Waals surface area contributed by atoms with Gasteiger partial charge in [-0.1, -0.05) is 11.6 Å². The van der Waals surface area contributed by atoms with E-state index in [0.29, 0.717) is 0 Å². The summed E-state index contributed by atoms with van der Waals surface area (Å²) in [5.41, 5.74) is -0.0671. The number of carboxylic acids is 1. The van der Waals surface area contributed by atoms with Crippen molar-refractivity contribution in [3.8, 4) is 0 Å². The number of amides is 2. The fraction of sp³-hybridized carbons (Fsp3) is 0.273. The fourth-order valence-corrected chi connectivity index (χ4v) is 1.46. The Kier molecular flexibility index (Phi) is 4.91. The van der Waals surface area contributed by atoms with E-state index in [2.05, 4.69) is 10.6 Å². The quantitative estimate of drug-likeness (QED) is 0.789. The number of urea groups is 1. The molecule has 18 heavy (non-hydrogen) atoms. The van der Waals surface area contributed by atoms with Gasteiger partial charge in [-0.15, -0.1) is 0 Å². The van der Waals surface area contributed by atoms with Gasteiger partial charge in [-0.3, -0.25) is 4.79 Å². The van der Waals surface area contributed by atoms with E-state index in [1.807, 2.05) is 0 Å². The third-order valence-electron chi connectivity index (χ3n) is 2.03. The van der Waals surface area contributed by atoms with Crippen LogP contribution in [0.25, 0.3) is 0 Å². The molecular formula is C11H12ClFN2O3. The van der Waals surface area contributed by atoms with Crippen LogP contribution < -0.4 is 10.6 Å². The lowest BCUT2D eigenvalue weighted by molar-refractivity contribution is -0.137. The smallest absolute Gasteiger partial charge is 0.319 e. The lowest BCUT2D eigenvalue weighted by Crippen LogP contribution is -2.37. The Balaban J connectivity index is 2.59. The largest absolute Gasteiger partial charge is 0.481 e. The van der Waals surface area contributed by atoms with E-state index in [9.17, 15) is 14.0 Å². The number of carboxylic acid groups (broad SMARTS) is 1. The molecule has 3 N–H and O–H groups in total. The SMILES string of the molecule is CC(CC(=O)O)NC(=O)Nc1cc(Cl)ccc1F. The highest BCUT2D eigenvalue weighted by molar-refractivity contribution is 6.30. The predicted octanol–water partition coefficient (Wildman–Crippen LogP) is 2.46. The number of rotatable bonds is 4. The van der Waals surface area contributed by atoms with Gasteiger partial charge in [-0.05, 0) is 25.1 Å². The number of aliphatic carboxylic acids is 1. The zero-order valence-electron chi connectivity index (χ0n) is 9.54. The topological polar surface area (TPSA) is 78.4 Å². The van der Waals surface area contributed by atoms with Gasteiger partial charge in [0.25, 0.3) is 0 Å². The molecule has 0 aromatic heterocycles. The van der Waals surface area contributed by atoms with Crippen molar-refractivity contribution in [1.29, 1.82) is 0 Å². The van der Waals surface area contributed by atoms with Crippen LogP contribution in [-0.2, 0) is 4.79 Å². The molecule has 1 atom stereocenters. The molecule has 0 aliphatic heterocycles. The first-order valence-electron chi connectivity index (χ1n) is 5.13. The number of benzene rings is 1. The molecule has 98 valence electrons. The zero-order chi connectivity index (χ0) is 13.7. The Labute approximate surface area is 108 Å². The van der Waals surface area contributed by atoms with Crippen molar-refractivity contribution >= 4 is 29.3 Å². The Morgan fingerprint density at radius 3 is 2.78 bits per heavy atom. The molecule has 2 amide bonds. The second-order valence-corrected chi connectivity index (χ2v) is 4.16. The van der Waals surface area contributed by atoms with Crippen molar-refractivity contribution in [3.05, 3.63) is 29.0 Å². The molecule has 0 heterocycles. The van der Waals surface area contributed by atoms with Crippen LogP contribution >= 0.6 is 11.6 Å². The van der Waals surface area contributed by atoms with E-state index in [-0.39, 0.29) is 17.1 Å². The Morgan fingerprint density at radius 1 is 1.50 bits per heavy atom. The third-order valence-corrected chi connectivity index (χ3v) is 2.27. The molecule has 5 nitrogen and oxygen atoms in total. The Bertz CT molecular complexity index is 468. The molecule has 1 aromatic rings. The molecule has 0 saturated heterocycles. The maximum absolute atomic E-state index is 13.3. The second kappa shape index (κ2) is 6.20. The van der Waals surface area contributed by atoms with Crippen LogP contribution in [-0.4, -0.2) is 23.1 Å². The molecule has 7 heteroatoms. The van der Waals surface area contributed by atoms with Crippen LogP contribution in [0.2, 0.25) is 5.02 Å². The predicted molar refractivity (Wildman–Crippen MR) is 65.3 cm³/mol. The third kappa shape index (κ3) is 4.58. The maximum atomic E-state index is 13.3. The van der Waals surface area contributed by atoms with Crippen LogP contribution in [0.15, 0.2) is 18.2 Å². The first kappa shape index (κ1) is 14.2. The van der Waals surface area contributed by atoms with Gasteiger partial charge in [0.05, 0.1) is 12.1 Å². The molecular weight excluding hydrogens is 263 g/mol. The number of nitrogens with one attached hydrogen (secondary N) is 2. The van der Waals surface area contributed by atoms with Crippen molar-refractivity contribution in [2.24, 2.45) is 0 Å². The van der Waals surface area contributed by atoms with E-state index >= 15 is 0 Å². The Hall–Kier alpha value is -1.82. The number of hydrogen-bond acceptors (Lipinski definition) is 2. The summed E-state index contributed by atoms with van der Waals surface area (Å²) in [6.07, 6.45) is -0.217. The van der Waals surface area contributed by atoms with Crippen molar-refractivity contribution < 1.29 is 19.1 Å². The minimum atomic E-state index is -1.03. The van der Waals surface area contributed by atoms with Crippen LogP contribution in [0.5, 0.6) is 0 Å². The fourth-order valence-electron chi connectivity index (χ4n) is 1.29. The summed E-state index contributed by atoms with van der Waals surface area (Å²) < 4.78 is 13.3. The summed E-state index contributed by atoms with van der Waals surface area (Å²) >= 11 is 5.66. The standard InChI is InChI=1S/C11H12ClFN2O3/c1-6(4-10(16)17)14-11(18)15-9-5-7(12)2-3-8(9)13/h2-3,5-6H,4H2,1H3,(H,16,17)(H2,14,15,18). The van der Waals surface area contributed by atoms with Gasteiger partial charge in [-0.25, -0.2) is 9.18 Å². The number of carbonyl (C=O) groups is 2. The molecule has 0 saturated carbocycles. The van der Waals surface area contributed by atoms with Crippen LogP contribution in [0, 0.1) is 5.82 Å². The monoisotopic (exact) mass is 274 g/mol. The summed E-state index contributed by atoms with van der Waals surface area (Å²) in [5, 5.41) is 13.4. The first-order valence-corrected chi connectivity index (χ1v) is 5.50. The number of hydrogen-bond donors (Lipinski definition) is 3. The molecule has 0 radical (unpaired) electrons. The first-order chi connectivity index (χ1) is 8.38. The van der Waals surface area contributed by atoms with Gasteiger partial charge < -0.3 is 15.7 Å². The number of carbonyl (C=O) groups excluding carboxylic acids is 1. The van der Waals surface area contributed by atoms with Crippen molar-refractivity contribution in [3.63, 3.8) is 0 Å². The summed E-state index contributed by atoms with van der Waals surface area (Å²) in [6.45, 7) is 1.53. The molecule has 0 aliphatic rings. The molecule has 0 spiro atoms. The minimum absolute atomic E-state index is 0.0671. The van der Waals surface area contributed by atoms with Gasteiger partial charge in [-0.2, -0.15) is 0 Å². The van der Waals surface area contributed by atoms with Gasteiger partial charge in [0, 0.05) is 11.1 Å². The van der Waals surface area contributed by atoms with Gasteiger partial charge in [0.1, 0.15) is 5.82 Å². The highest BCUT2D eigenvalue weighted by Gasteiger charge is 2.12. The zero-order valence-corrected chi connectivity index (χ0v) is 10.3. The summed E-state index contributed by atoms with van der Waals surface area (Å²) in [7, 11) is 0. The maximum Gasteiger partial charge on any atom is 0.319 e. The van der Waals surface area contributed by atoms with Gasteiger partial charge in [0.2, 0.25) is 0 Å². The van der Waals surface area contributed by atoms with Crippen molar-refractivity contribution in [2.75, 3.05) is 5.32 Å². The van der Waals surface area contributed by atoms with Crippen LogP contribution in [0.4, 0.5) is 14.9 Å². The van der Waals surface area contributed by atoms with E-state index in [0.717, 1.165) is 6.07 Å². The number of anilines is 1. The molecule has 0 fully saturated rings. The lowest BCUT2D eigenvalue weighted by atomic mass is 10.2. The molecule has 1 aromatic carbocycles. The molecule has 0 aliphatic carbocycles. The molecule has 1 unspecified atom stereocenters. The minimum Gasteiger partial charge on any atom is -0.481 e. The van der Waals surface area contributed by atoms with Crippen LogP contribution in [0.3, 0.4) is 0 Å². The highest BCUT2D eigenvalue weighted by atomic mass is 35.5. The van der Waals surface area contributed by atoms with E-state index < -0.39 is 23.9 Å². The highest BCUT2D eigenvalue weighted by Crippen LogP contribution is 2.19. The molecule has 1 rings (SSSR count). The summed E-state index contributed by atoms with van der Waals surface area (Å²) in [5.74, 6) is -1.66. The average Bonchev–Trinajstić information content (AvgIpc) is 2.21. The van der Waals surface area contributed by atoms with E-state index in [4.69, 9.17) is 16.7 Å². The van der Waals surface area contributed by atoms with Crippen molar-refractivity contribution in [2.45, 2.75) is 19.4 Å².